The highest BCUT2D eigenvalue weighted by Gasteiger charge is 2.19. The lowest BCUT2D eigenvalue weighted by Gasteiger charge is -2.16. The molecule has 0 aromatic heterocycles. The number of ether oxygens (including phenoxy) is 2. The minimum atomic E-state index is -0.312. The van der Waals surface area contributed by atoms with Crippen molar-refractivity contribution in [3.8, 4) is 11.5 Å². The van der Waals surface area contributed by atoms with Gasteiger partial charge in [-0.1, -0.05) is 0 Å². The summed E-state index contributed by atoms with van der Waals surface area (Å²) < 4.78 is 11.2. The number of hydrogen-bond donors (Lipinski definition) is 1. The molecule has 1 fully saturated rings. The van der Waals surface area contributed by atoms with E-state index < -0.39 is 0 Å². The molecule has 1 aromatic rings. The van der Waals surface area contributed by atoms with Gasteiger partial charge in [-0.05, 0) is 43.9 Å². The Morgan fingerprint density at radius 2 is 1.95 bits per heavy atom. The lowest BCUT2D eigenvalue weighted by molar-refractivity contribution is 0.0537. The molecule has 1 amide bonds. The van der Waals surface area contributed by atoms with Gasteiger partial charge in [-0.2, -0.15) is 0 Å². The van der Waals surface area contributed by atoms with Crippen LogP contribution in [0.15, 0.2) is 18.2 Å². The van der Waals surface area contributed by atoms with Crippen LogP contribution in [-0.2, 0) is 4.84 Å². The fourth-order valence-corrected chi connectivity index (χ4v) is 2.24. The van der Waals surface area contributed by atoms with Crippen molar-refractivity contribution in [2.75, 3.05) is 14.2 Å². The first-order valence-electron chi connectivity index (χ1n) is 6.42. The fourth-order valence-electron chi connectivity index (χ4n) is 2.24. The number of carbonyl (C=O) groups excluding carboxylic acids is 1. The van der Waals surface area contributed by atoms with E-state index in [1.54, 1.807) is 25.3 Å². The second kappa shape index (κ2) is 6.43. The number of methoxy groups -OCH3 is 1. The van der Waals surface area contributed by atoms with Crippen LogP contribution in [0.25, 0.3) is 0 Å². The Hall–Kier alpha value is -1.75. The van der Waals surface area contributed by atoms with Crippen LogP contribution in [0.2, 0.25) is 0 Å². The molecule has 0 unspecified atom stereocenters. The van der Waals surface area contributed by atoms with Crippen molar-refractivity contribution < 1.29 is 19.1 Å². The zero-order valence-corrected chi connectivity index (χ0v) is 11.3. The van der Waals surface area contributed by atoms with Crippen molar-refractivity contribution >= 4 is 5.91 Å². The number of benzene rings is 1. The summed E-state index contributed by atoms with van der Waals surface area (Å²) in [4.78, 5) is 16.2. The topological polar surface area (TPSA) is 56.8 Å². The largest absolute Gasteiger partial charge is 0.493 e. The first-order chi connectivity index (χ1) is 9.24. The molecule has 5 heteroatoms. The highest BCUT2D eigenvalue weighted by Crippen LogP contribution is 2.32. The normalized spacial score (nSPS) is 15.3. The molecule has 1 aromatic carbocycles. The average molecular weight is 265 g/mol. The van der Waals surface area contributed by atoms with Crippen molar-refractivity contribution in [1.82, 2.24) is 5.48 Å². The number of carbonyl (C=O) groups is 1. The zero-order chi connectivity index (χ0) is 13.7. The molecule has 104 valence electrons. The van der Waals surface area contributed by atoms with E-state index >= 15 is 0 Å². The molecule has 0 radical (unpaired) electrons. The molecule has 0 aliphatic heterocycles. The van der Waals surface area contributed by atoms with Gasteiger partial charge in [0.25, 0.3) is 5.91 Å². The lowest BCUT2D eigenvalue weighted by Crippen LogP contribution is -2.21. The Morgan fingerprint density at radius 3 is 2.58 bits per heavy atom. The van der Waals surface area contributed by atoms with E-state index in [1.807, 2.05) is 0 Å². The Bertz CT molecular complexity index is 441. The third-order valence-corrected chi connectivity index (χ3v) is 3.22. The molecule has 0 heterocycles. The van der Waals surface area contributed by atoms with Crippen molar-refractivity contribution in [2.24, 2.45) is 0 Å². The highest BCUT2D eigenvalue weighted by molar-refractivity contribution is 5.94. The van der Waals surface area contributed by atoms with E-state index in [2.05, 4.69) is 10.3 Å². The van der Waals surface area contributed by atoms with Crippen molar-refractivity contribution in [1.29, 1.82) is 0 Å². The van der Waals surface area contributed by atoms with Crippen LogP contribution in [0, 0.1) is 0 Å². The number of amides is 1. The van der Waals surface area contributed by atoms with Crippen molar-refractivity contribution in [3.05, 3.63) is 23.8 Å². The van der Waals surface area contributed by atoms with Gasteiger partial charge in [0.1, 0.15) is 0 Å². The Kier molecular flexibility index (Phi) is 4.63. The average Bonchev–Trinajstić information content (AvgIpc) is 2.92. The Balaban J connectivity index is 2.13. The van der Waals surface area contributed by atoms with Gasteiger partial charge in [-0.3, -0.25) is 9.63 Å². The van der Waals surface area contributed by atoms with E-state index in [1.165, 1.54) is 20.0 Å². The lowest BCUT2D eigenvalue weighted by atomic mass is 10.2. The van der Waals surface area contributed by atoms with Crippen molar-refractivity contribution in [2.45, 2.75) is 31.8 Å². The molecule has 5 nitrogen and oxygen atoms in total. The molecule has 1 N–H and O–H groups in total. The molecule has 1 saturated carbocycles. The van der Waals surface area contributed by atoms with E-state index in [0.717, 1.165) is 12.8 Å². The predicted molar refractivity (Wildman–Crippen MR) is 70.4 cm³/mol. The second-order valence-corrected chi connectivity index (χ2v) is 4.53. The highest BCUT2D eigenvalue weighted by atomic mass is 16.6. The Labute approximate surface area is 112 Å². The molecular formula is C14H19NO4. The van der Waals surface area contributed by atoms with Crippen LogP contribution in [0.4, 0.5) is 0 Å². The molecule has 19 heavy (non-hydrogen) atoms. The van der Waals surface area contributed by atoms with E-state index in [9.17, 15) is 4.79 Å². The summed E-state index contributed by atoms with van der Waals surface area (Å²) in [6, 6.07) is 5.11. The summed E-state index contributed by atoms with van der Waals surface area (Å²) in [5.41, 5.74) is 2.74. The molecule has 0 bridgehead atoms. The standard InChI is InChI=1S/C14H19NO4/c1-17-13-9-10(14(16)15-18-2)7-8-12(13)19-11-5-3-4-6-11/h7-9,11H,3-6H2,1-2H3,(H,15,16). The maximum atomic E-state index is 11.6. The maximum Gasteiger partial charge on any atom is 0.274 e. The minimum Gasteiger partial charge on any atom is -0.493 e. The number of hydrogen-bond acceptors (Lipinski definition) is 4. The molecule has 1 aliphatic carbocycles. The third kappa shape index (κ3) is 3.38. The molecule has 2 rings (SSSR count). The van der Waals surface area contributed by atoms with E-state index in [4.69, 9.17) is 9.47 Å². The van der Waals surface area contributed by atoms with Gasteiger partial charge in [-0.15, -0.1) is 0 Å². The Morgan fingerprint density at radius 1 is 1.21 bits per heavy atom. The van der Waals surface area contributed by atoms with Gasteiger partial charge in [-0.25, -0.2) is 5.48 Å². The second-order valence-electron chi connectivity index (χ2n) is 4.53. The number of nitrogens with one attached hydrogen (secondary N) is 1. The molecular weight excluding hydrogens is 246 g/mol. The zero-order valence-electron chi connectivity index (χ0n) is 11.3. The van der Waals surface area contributed by atoms with Gasteiger partial charge in [0.15, 0.2) is 11.5 Å². The van der Waals surface area contributed by atoms with Crippen LogP contribution < -0.4 is 15.0 Å². The summed E-state index contributed by atoms with van der Waals surface area (Å²) in [5.74, 6) is 0.937. The molecule has 0 saturated heterocycles. The van der Waals surface area contributed by atoms with Gasteiger partial charge in [0.2, 0.25) is 0 Å². The van der Waals surface area contributed by atoms with Crippen LogP contribution in [0.1, 0.15) is 36.0 Å². The summed E-state index contributed by atoms with van der Waals surface area (Å²) in [6.07, 6.45) is 4.83. The van der Waals surface area contributed by atoms with Gasteiger partial charge in [0, 0.05) is 5.56 Å². The monoisotopic (exact) mass is 265 g/mol. The molecule has 0 atom stereocenters. The summed E-state index contributed by atoms with van der Waals surface area (Å²) in [5, 5.41) is 0. The van der Waals surface area contributed by atoms with Crippen LogP contribution in [-0.4, -0.2) is 26.2 Å². The number of rotatable bonds is 5. The van der Waals surface area contributed by atoms with E-state index in [0.29, 0.717) is 17.1 Å². The molecule has 0 spiro atoms. The summed E-state index contributed by atoms with van der Waals surface area (Å²) in [6.45, 7) is 0. The van der Waals surface area contributed by atoms with Gasteiger partial charge < -0.3 is 9.47 Å². The SMILES string of the molecule is CONC(=O)c1ccc(OC2CCCC2)c(OC)c1. The van der Waals surface area contributed by atoms with E-state index in [-0.39, 0.29) is 12.0 Å². The predicted octanol–water partition coefficient (Wildman–Crippen LogP) is 2.31. The number of hydroxylamine groups is 1. The summed E-state index contributed by atoms with van der Waals surface area (Å²) in [7, 11) is 2.96. The first-order valence-corrected chi connectivity index (χ1v) is 6.42. The quantitative estimate of drug-likeness (QED) is 0.830. The van der Waals surface area contributed by atoms with Crippen LogP contribution in [0.3, 0.4) is 0 Å². The van der Waals surface area contributed by atoms with Crippen molar-refractivity contribution in [3.63, 3.8) is 0 Å². The first kappa shape index (κ1) is 13.7. The maximum absolute atomic E-state index is 11.6. The van der Waals surface area contributed by atoms with Crippen LogP contribution in [0.5, 0.6) is 11.5 Å². The van der Waals surface area contributed by atoms with Gasteiger partial charge in [0.05, 0.1) is 20.3 Å². The fraction of sp³-hybridized carbons (Fsp3) is 0.500. The third-order valence-electron chi connectivity index (χ3n) is 3.22. The smallest absolute Gasteiger partial charge is 0.274 e. The minimum absolute atomic E-state index is 0.257. The van der Waals surface area contributed by atoms with Gasteiger partial charge >= 0.3 is 0 Å². The van der Waals surface area contributed by atoms with Crippen LogP contribution >= 0.6 is 0 Å². The molecule has 1 aliphatic rings. The summed E-state index contributed by atoms with van der Waals surface area (Å²) >= 11 is 0.